The van der Waals surface area contributed by atoms with Gasteiger partial charge in [-0.15, -0.1) is 22.7 Å². The first-order valence-electron chi connectivity index (χ1n) is 10.9. The third kappa shape index (κ3) is 5.42. The van der Waals surface area contributed by atoms with Crippen molar-refractivity contribution in [3.05, 3.63) is 52.0 Å². The van der Waals surface area contributed by atoms with Gasteiger partial charge in [-0.25, -0.2) is 14.8 Å². The summed E-state index contributed by atoms with van der Waals surface area (Å²) in [5.41, 5.74) is 2.20. The number of nitrogens with one attached hydrogen (secondary N) is 1. The molecule has 0 saturated carbocycles. The van der Waals surface area contributed by atoms with E-state index in [0.29, 0.717) is 18.1 Å². The minimum atomic E-state index is -0.641. The quantitative estimate of drug-likeness (QED) is 0.520. The second-order valence-corrected chi connectivity index (χ2v) is 11.2. The third-order valence-electron chi connectivity index (χ3n) is 5.37. The Bertz CT molecular complexity index is 1150. The summed E-state index contributed by atoms with van der Waals surface area (Å²) in [6.45, 7) is 9.82. The van der Waals surface area contributed by atoms with E-state index in [9.17, 15) is 9.59 Å². The minimum Gasteiger partial charge on any atom is -0.444 e. The number of carbonyl (C=O) groups excluding carboxylic acids is 2. The Balaban J connectivity index is 1.53. The molecule has 2 aromatic heterocycles. The Labute approximate surface area is 201 Å². The number of nitrogens with zero attached hydrogens (tertiary/aromatic N) is 3. The van der Waals surface area contributed by atoms with Crippen LogP contribution in [0.15, 0.2) is 35.7 Å². The average molecular weight is 485 g/mol. The van der Waals surface area contributed by atoms with Crippen LogP contribution in [0.4, 0.5) is 9.93 Å². The molecule has 1 N–H and O–H groups in total. The van der Waals surface area contributed by atoms with Crippen molar-refractivity contribution in [1.29, 1.82) is 0 Å². The number of ether oxygens (including phenoxy) is 1. The van der Waals surface area contributed by atoms with Gasteiger partial charge in [0.2, 0.25) is 5.91 Å². The average Bonchev–Trinajstić information content (AvgIpc) is 3.45. The summed E-state index contributed by atoms with van der Waals surface area (Å²) in [5.74, 6) is -0.193. The molecule has 0 bridgehead atoms. The highest BCUT2D eigenvalue weighted by molar-refractivity contribution is 7.16. The lowest BCUT2D eigenvalue weighted by Crippen LogP contribution is -2.45. The Hall–Kier alpha value is -2.78. The zero-order chi connectivity index (χ0) is 23.8. The number of rotatable bonds is 4. The van der Waals surface area contributed by atoms with Crippen molar-refractivity contribution in [3.8, 4) is 10.6 Å². The number of amides is 2. The Morgan fingerprint density at radius 3 is 2.52 bits per heavy atom. The van der Waals surface area contributed by atoms with E-state index < -0.39 is 17.7 Å². The van der Waals surface area contributed by atoms with Crippen molar-refractivity contribution in [3.63, 3.8) is 0 Å². The van der Waals surface area contributed by atoms with Crippen molar-refractivity contribution in [2.75, 3.05) is 11.9 Å². The van der Waals surface area contributed by atoms with E-state index in [0.717, 1.165) is 26.8 Å². The SMILES string of the molecule is Cc1nc(C)c(-c2csc(NC(=O)[C@H]3C[C@H](c4ccccc4)CN3C(=O)OC(C)(C)C)n2)s1. The number of anilines is 1. The zero-order valence-electron chi connectivity index (χ0n) is 19.4. The van der Waals surface area contributed by atoms with Gasteiger partial charge < -0.3 is 10.1 Å². The van der Waals surface area contributed by atoms with Gasteiger partial charge in [-0.1, -0.05) is 30.3 Å². The van der Waals surface area contributed by atoms with Crippen LogP contribution in [0.2, 0.25) is 0 Å². The highest BCUT2D eigenvalue weighted by atomic mass is 32.1. The van der Waals surface area contributed by atoms with E-state index in [1.807, 2.05) is 70.3 Å². The van der Waals surface area contributed by atoms with Crippen molar-refractivity contribution in [2.45, 2.75) is 58.6 Å². The maximum absolute atomic E-state index is 13.3. The second-order valence-electron chi connectivity index (χ2n) is 9.17. The summed E-state index contributed by atoms with van der Waals surface area (Å²) < 4.78 is 5.60. The lowest BCUT2D eigenvalue weighted by Gasteiger charge is -2.27. The highest BCUT2D eigenvalue weighted by Crippen LogP contribution is 2.35. The molecule has 7 nitrogen and oxygen atoms in total. The largest absolute Gasteiger partial charge is 0.444 e. The zero-order valence-corrected chi connectivity index (χ0v) is 21.0. The molecule has 4 rings (SSSR count). The molecule has 9 heteroatoms. The maximum atomic E-state index is 13.3. The lowest BCUT2D eigenvalue weighted by molar-refractivity contribution is -0.120. The first-order chi connectivity index (χ1) is 15.6. The first kappa shape index (κ1) is 23.4. The standard InChI is InChI=1S/C24H28N4O3S2/c1-14-20(33-15(2)25-14)18-13-32-22(26-18)27-21(29)19-11-17(16-9-7-6-8-10-16)12-28(19)23(30)31-24(3,4)5/h6-10,13,17,19H,11-12H2,1-5H3,(H,26,27,29)/t17-,19+/m0/s1. The predicted octanol–water partition coefficient (Wildman–Crippen LogP) is 5.62. The van der Waals surface area contributed by atoms with Crippen LogP contribution >= 0.6 is 22.7 Å². The molecule has 0 unspecified atom stereocenters. The van der Waals surface area contributed by atoms with Gasteiger partial charge in [0.05, 0.1) is 21.3 Å². The van der Waals surface area contributed by atoms with Gasteiger partial charge in [-0.2, -0.15) is 0 Å². The summed E-state index contributed by atoms with van der Waals surface area (Å²) >= 11 is 2.95. The normalized spacial score (nSPS) is 18.4. The van der Waals surface area contributed by atoms with Gasteiger partial charge in [-0.05, 0) is 46.6 Å². The fourth-order valence-corrected chi connectivity index (χ4v) is 5.63. The van der Waals surface area contributed by atoms with Crippen LogP contribution in [0, 0.1) is 13.8 Å². The number of benzene rings is 1. The van der Waals surface area contributed by atoms with Gasteiger partial charge in [0.25, 0.3) is 0 Å². The van der Waals surface area contributed by atoms with E-state index in [1.54, 1.807) is 16.2 Å². The van der Waals surface area contributed by atoms with Gasteiger partial charge in [-0.3, -0.25) is 9.69 Å². The van der Waals surface area contributed by atoms with Crippen LogP contribution < -0.4 is 5.32 Å². The molecule has 1 aliphatic heterocycles. The van der Waals surface area contributed by atoms with E-state index in [2.05, 4.69) is 15.3 Å². The van der Waals surface area contributed by atoms with E-state index in [1.165, 1.54) is 11.3 Å². The van der Waals surface area contributed by atoms with Crippen LogP contribution in [0.5, 0.6) is 0 Å². The predicted molar refractivity (Wildman–Crippen MR) is 132 cm³/mol. The van der Waals surface area contributed by atoms with Gasteiger partial charge in [0.15, 0.2) is 5.13 Å². The number of aromatic nitrogens is 2. The monoisotopic (exact) mass is 484 g/mol. The summed E-state index contributed by atoms with van der Waals surface area (Å²) in [7, 11) is 0. The van der Waals surface area contributed by atoms with E-state index in [-0.39, 0.29) is 11.8 Å². The highest BCUT2D eigenvalue weighted by Gasteiger charge is 2.42. The number of carbonyl (C=O) groups is 2. The maximum Gasteiger partial charge on any atom is 0.410 e. The summed E-state index contributed by atoms with van der Waals surface area (Å²) in [6.07, 6.45) is 0.0529. The molecule has 174 valence electrons. The topological polar surface area (TPSA) is 84.4 Å². The minimum absolute atomic E-state index is 0.0594. The van der Waals surface area contributed by atoms with Gasteiger partial charge >= 0.3 is 6.09 Å². The summed E-state index contributed by atoms with van der Waals surface area (Å²) in [4.78, 5) is 37.8. The van der Waals surface area contributed by atoms with E-state index >= 15 is 0 Å². The number of aryl methyl sites for hydroxylation is 2. The van der Waals surface area contributed by atoms with Crippen LogP contribution in [0.3, 0.4) is 0 Å². The molecule has 2 amide bonds. The van der Waals surface area contributed by atoms with Crippen LogP contribution in [-0.4, -0.2) is 45.1 Å². The molecule has 0 spiro atoms. The van der Waals surface area contributed by atoms with Gasteiger partial charge in [0.1, 0.15) is 11.6 Å². The fourth-order valence-electron chi connectivity index (χ4n) is 3.97. The first-order valence-corrected chi connectivity index (χ1v) is 12.6. The molecular formula is C24H28N4O3S2. The summed E-state index contributed by atoms with van der Waals surface area (Å²) in [6, 6.07) is 9.34. The summed E-state index contributed by atoms with van der Waals surface area (Å²) in [5, 5.41) is 6.33. The van der Waals surface area contributed by atoms with Gasteiger partial charge in [0, 0.05) is 17.8 Å². The molecule has 1 saturated heterocycles. The molecule has 0 radical (unpaired) electrons. The van der Waals surface area contributed by atoms with Crippen LogP contribution in [0.1, 0.15) is 49.4 Å². The van der Waals surface area contributed by atoms with Crippen LogP contribution in [-0.2, 0) is 9.53 Å². The second kappa shape index (κ2) is 9.23. The fraction of sp³-hybridized carbons (Fsp3) is 0.417. The Morgan fingerprint density at radius 1 is 1.15 bits per heavy atom. The molecular weight excluding hydrogens is 456 g/mol. The third-order valence-corrected chi connectivity index (χ3v) is 7.23. The molecule has 1 aliphatic rings. The molecule has 3 heterocycles. The molecule has 1 aromatic carbocycles. The van der Waals surface area contributed by atoms with E-state index in [4.69, 9.17) is 4.74 Å². The molecule has 33 heavy (non-hydrogen) atoms. The molecule has 1 fully saturated rings. The number of thiazole rings is 2. The number of likely N-dealkylation sites (tertiary alicyclic amines) is 1. The van der Waals surface area contributed by atoms with Crippen molar-refractivity contribution >= 4 is 39.8 Å². The van der Waals surface area contributed by atoms with Crippen molar-refractivity contribution in [2.24, 2.45) is 0 Å². The molecule has 3 aromatic rings. The van der Waals surface area contributed by atoms with Crippen LogP contribution in [0.25, 0.3) is 10.6 Å². The lowest BCUT2D eigenvalue weighted by atomic mass is 9.96. The number of hydrogen-bond acceptors (Lipinski definition) is 7. The number of hydrogen-bond donors (Lipinski definition) is 1. The Kier molecular flexibility index (Phi) is 6.54. The molecule has 2 atom stereocenters. The molecule has 0 aliphatic carbocycles. The Morgan fingerprint density at radius 2 is 1.88 bits per heavy atom. The van der Waals surface area contributed by atoms with Crippen molar-refractivity contribution in [1.82, 2.24) is 14.9 Å². The van der Waals surface area contributed by atoms with Crippen molar-refractivity contribution < 1.29 is 14.3 Å². The smallest absolute Gasteiger partial charge is 0.410 e.